The van der Waals surface area contributed by atoms with Crippen LogP contribution in [0.15, 0.2) is 54.7 Å². The highest BCUT2D eigenvalue weighted by molar-refractivity contribution is 5.86. The van der Waals surface area contributed by atoms with E-state index in [1.165, 1.54) is 0 Å². The van der Waals surface area contributed by atoms with E-state index in [4.69, 9.17) is 0 Å². The summed E-state index contributed by atoms with van der Waals surface area (Å²) in [6.07, 6.45) is 2.76. The molecular weight excluding hydrogens is 286 g/mol. The normalized spacial score (nSPS) is 19.4. The van der Waals surface area contributed by atoms with Crippen molar-refractivity contribution in [3.63, 3.8) is 0 Å². The van der Waals surface area contributed by atoms with Gasteiger partial charge in [-0.1, -0.05) is 43.3 Å². The number of carbonyl (C=O) groups excluding carboxylic acids is 1. The van der Waals surface area contributed by atoms with Gasteiger partial charge in [0, 0.05) is 25.3 Å². The Morgan fingerprint density at radius 2 is 2.04 bits per heavy atom. The minimum absolute atomic E-state index is 0.0397. The van der Waals surface area contributed by atoms with E-state index in [1.54, 1.807) is 6.20 Å². The van der Waals surface area contributed by atoms with E-state index in [9.17, 15) is 4.79 Å². The average Bonchev–Trinajstić information content (AvgIpc) is 3.04. The maximum absolute atomic E-state index is 12.9. The quantitative estimate of drug-likeness (QED) is 0.922. The van der Waals surface area contributed by atoms with E-state index in [1.807, 2.05) is 48.5 Å². The molecule has 0 bridgehead atoms. The third-order valence-electron chi connectivity index (χ3n) is 4.44. The zero-order valence-electron chi connectivity index (χ0n) is 13.5. The predicted molar refractivity (Wildman–Crippen MR) is 91.2 cm³/mol. The number of likely N-dealkylation sites (tertiary alicyclic amines) is 1. The summed E-state index contributed by atoms with van der Waals surface area (Å²) in [4.78, 5) is 19.7. The number of carbonyl (C=O) groups is 1. The molecule has 2 aromatic rings. The number of rotatable bonds is 5. The Labute approximate surface area is 137 Å². The number of benzene rings is 1. The summed E-state index contributed by atoms with van der Waals surface area (Å²) in [6, 6.07) is 15.8. The highest BCUT2D eigenvalue weighted by atomic mass is 16.2. The number of hydrogen-bond donors (Lipinski definition) is 1. The van der Waals surface area contributed by atoms with Gasteiger partial charge >= 0.3 is 0 Å². The van der Waals surface area contributed by atoms with Crippen molar-refractivity contribution in [2.75, 3.05) is 19.6 Å². The highest BCUT2D eigenvalue weighted by Crippen LogP contribution is 2.23. The monoisotopic (exact) mass is 309 g/mol. The van der Waals surface area contributed by atoms with E-state index in [2.05, 4.69) is 22.1 Å². The minimum Gasteiger partial charge on any atom is -0.351 e. The first-order valence-corrected chi connectivity index (χ1v) is 8.26. The lowest BCUT2D eigenvalue weighted by atomic mass is 9.94. The fraction of sp³-hybridized carbons (Fsp3) is 0.368. The molecule has 1 fully saturated rings. The minimum atomic E-state index is -0.354. The molecule has 0 saturated carbocycles. The van der Waals surface area contributed by atoms with Crippen LogP contribution in [0.25, 0.3) is 0 Å². The Morgan fingerprint density at radius 3 is 2.70 bits per heavy atom. The molecule has 1 saturated heterocycles. The van der Waals surface area contributed by atoms with Gasteiger partial charge in [-0.25, -0.2) is 0 Å². The lowest BCUT2D eigenvalue weighted by molar-refractivity contribution is -0.122. The Hall–Kier alpha value is -2.20. The maximum Gasteiger partial charge on any atom is 0.233 e. The van der Waals surface area contributed by atoms with Gasteiger partial charge in [-0.3, -0.25) is 9.78 Å². The largest absolute Gasteiger partial charge is 0.351 e. The second kappa shape index (κ2) is 7.38. The molecular formula is C19H23N3O. The molecule has 0 spiro atoms. The Kier molecular flexibility index (Phi) is 5.03. The molecule has 1 aliphatic heterocycles. The van der Waals surface area contributed by atoms with Gasteiger partial charge < -0.3 is 10.2 Å². The van der Waals surface area contributed by atoms with E-state index >= 15 is 0 Å². The van der Waals surface area contributed by atoms with Crippen molar-refractivity contribution in [1.29, 1.82) is 0 Å². The van der Waals surface area contributed by atoms with Crippen molar-refractivity contribution in [3.05, 3.63) is 66.0 Å². The third-order valence-corrected chi connectivity index (χ3v) is 4.44. The molecule has 1 N–H and O–H groups in total. The summed E-state index contributed by atoms with van der Waals surface area (Å²) in [5, 5.41) is 3.22. The Morgan fingerprint density at radius 1 is 1.26 bits per heavy atom. The number of likely N-dealkylation sites (N-methyl/N-ethyl adjacent to an activating group) is 1. The molecule has 1 amide bonds. The molecule has 4 nitrogen and oxygen atoms in total. The van der Waals surface area contributed by atoms with Crippen molar-refractivity contribution in [2.24, 2.45) is 0 Å². The van der Waals surface area contributed by atoms with Crippen LogP contribution in [-0.2, 0) is 4.79 Å². The van der Waals surface area contributed by atoms with Crippen LogP contribution in [0.1, 0.15) is 30.5 Å². The van der Waals surface area contributed by atoms with Gasteiger partial charge in [-0.05, 0) is 30.7 Å². The van der Waals surface area contributed by atoms with Crippen LogP contribution >= 0.6 is 0 Å². The first-order valence-electron chi connectivity index (χ1n) is 8.26. The van der Waals surface area contributed by atoms with Crippen LogP contribution in [-0.4, -0.2) is 41.5 Å². The molecule has 0 aliphatic carbocycles. The fourth-order valence-corrected chi connectivity index (χ4v) is 3.17. The molecule has 3 rings (SSSR count). The highest BCUT2D eigenvalue weighted by Gasteiger charge is 2.28. The van der Waals surface area contributed by atoms with E-state index in [0.717, 1.165) is 37.3 Å². The fourth-order valence-electron chi connectivity index (χ4n) is 3.17. The summed E-state index contributed by atoms with van der Waals surface area (Å²) in [6.45, 7) is 5.19. The molecule has 23 heavy (non-hydrogen) atoms. The lowest BCUT2D eigenvalue weighted by Crippen LogP contribution is -2.40. The first-order chi connectivity index (χ1) is 11.3. The zero-order chi connectivity index (χ0) is 16.1. The predicted octanol–water partition coefficient (Wildman–Crippen LogP) is 2.42. The summed E-state index contributed by atoms with van der Waals surface area (Å²) < 4.78 is 0. The van der Waals surface area contributed by atoms with Gasteiger partial charge in [0.25, 0.3) is 0 Å². The summed E-state index contributed by atoms with van der Waals surface area (Å²) in [5.41, 5.74) is 1.77. The molecule has 2 atom stereocenters. The van der Waals surface area contributed by atoms with Crippen LogP contribution in [0.5, 0.6) is 0 Å². The number of aromatic nitrogens is 1. The summed E-state index contributed by atoms with van der Waals surface area (Å²) in [7, 11) is 0. The van der Waals surface area contributed by atoms with Gasteiger partial charge in [0.15, 0.2) is 0 Å². The third kappa shape index (κ3) is 3.77. The molecule has 2 heterocycles. The van der Waals surface area contributed by atoms with Gasteiger partial charge in [0.05, 0.1) is 5.69 Å². The Balaban J connectivity index is 1.80. The van der Waals surface area contributed by atoms with Gasteiger partial charge in [0.1, 0.15) is 5.92 Å². The van der Waals surface area contributed by atoms with E-state index in [0.29, 0.717) is 0 Å². The number of pyridine rings is 1. The standard InChI is InChI=1S/C19H23N3O/c1-2-22-13-11-16(14-22)21-19(23)18(15-8-4-3-5-9-15)17-10-6-7-12-20-17/h3-10,12,16,18H,2,11,13-14H2,1H3,(H,21,23). The second-order valence-electron chi connectivity index (χ2n) is 5.99. The van der Waals surface area contributed by atoms with E-state index < -0.39 is 0 Å². The average molecular weight is 309 g/mol. The molecule has 4 heteroatoms. The molecule has 1 aliphatic rings. The van der Waals surface area contributed by atoms with Crippen LogP contribution in [0.4, 0.5) is 0 Å². The second-order valence-corrected chi connectivity index (χ2v) is 5.99. The lowest BCUT2D eigenvalue weighted by Gasteiger charge is -2.20. The van der Waals surface area contributed by atoms with Gasteiger partial charge in [-0.15, -0.1) is 0 Å². The van der Waals surface area contributed by atoms with Crippen molar-refractivity contribution < 1.29 is 4.79 Å². The Bertz CT molecular complexity index is 590. The molecule has 1 aromatic carbocycles. The molecule has 1 aromatic heterocycles. The number of amides is 1. The SMILES string of the molecule is CCN1CCC(NC(=O)C(c2ccccc2)c2ccccn2)C1. The zero-order valence-corrected chi connectivity index (χ0v) is 13.5. The van der Waals surface area contributed by atoms with Gasteiger partial charge in [-0.2, -0.15) is 0 Å². The van der Waals surface area contributed by atoms with Crippen LogP contribution in [0, 0.1) is 0 Å². The number of nitrogens with one attached hydrogen (secondary N) is 1. The van der Waals surface area contributed by atoms with E-state index in [-0.39, 0.29) is 17.9 Å². The van der Waals surface area contributed by atoms with Crippen molar-refractivity contribution in [1.82, 2.24) is 15.2 Å². The molecule has 2 unspecified atom stereocenters. The first kappa shape index (κ1) is 15.7. The van der Waals surface area contributed by atoms with Gasteiger partial charge in [0.2, 0.25) is 5.91 Å². The number of hydrogen-bond acceptors (Lipinski definition) is 3. The molecule has 0 radical (unpaired) electrons. The smallest absolute Gasteiger partial charge is 0.233 e. The van der Waals surface area contributed by atoms with Crippen molar-refractivity contribution in [2.45, 2.75) is 25.3 Å². The van der Waals surface area contributed by atoms with Crippen LogP contribution in [0.2, 0.25) is 0 Å². The van der Waals surface area contributed by atoms with Crippen LogP contribution in [0.3, 0.4) is 0 Å². The van der Waals surface area contributed by atoms with Crippen molar-refractivity contribution in [3.8, 4) is 0 Å². The molecule has 120 valence electrons. The van der Waals surface area contributed by atoms with Crippen molar-refractivity contribution >= 4 is 5.91 Å². The van der Waals surface area contributed by atoms with Crippen LogP contribution < -0.4 is 5.32 Å². The summed E-state index contributed by atoms with van der Waals surface area (Å²) >= 11 is 0. The summed E-state index contributed by atoms with van der Waals surface area (Å²) in [5.74, 6) is -0.314. The topological polar surface area (TPSA) is 45.2 Å². The number of nitrogens with zero attached hydrogens (tertiary/aromatic N) is 2. The maximum atomic E-state index is 12.9.